The van der Waals surface area contributed by atoms with Crippen LogP contribution in [0, 0.1) is 0 Å². The van der Waals surface area contributed by atoms with E-state index in [1.807, 2.05) is 115 Å². The molecule has 0 saturated heterocycles. The Labute approximate surface area is 240 Å². The van der Waals surface area contributed by atoms with Crippen LogP contribution in [-0.2, 0) is 11.3 Å². The van der Waals surface area contributed by atoms with E-state index in [-0.39, 0.29) is 24.5 Å². The fourth-order valence-electron chi connectivity index (χ4n) is 4.91. The summed E-state index contributed by atoms with van der Waals surface area (Å²) in [7, 11) is 3.25. The molecule has 0 fully saturated rings. The molecule has 1 heterocycles. The Kier molecular flexibility index (Phi) is 8.64. The van der Waals surface area contributed by atoms with Crippen molar-refractivity contribution in [2.75, 3.05) is 32.6 Å². The normalized spacial score (nSPS) is 16.0. The number of hydrogen-bond acceptors (Lipinski definition) is 4. The molecule has 0 spiro atoms. The predicted molar refractivity (Wildman–Crippen MR) is 161 cm³/mol. The number of carbonyl (C=O) groups excluding carboxylic acids is 2. The Bertz CT molecular complexity index is 1500. The van der Waals surface area contributed by atoms with Crippen LogP contribution >= 0.6 is 0 Å². The molecule has 41 heavy (non-hydrogen) atoms. The number of anilines is 1. The number of rotatable bonds is 7. The number of hydrogen-bond donors (Lipinski definition) is 1. The van der Waals surface area contributed by atoms with Crippen molar-refractivity contribution in [3.05, 3.63) is 126 Å². The number of urea groups is 1. The zero-order valence-electron chi connectivity index (χ0n) is 23.2. The molecule has 5 rings (SSSR count). The second kappa shape index (κ2) is 12.9. The van der Waals surface area contributed by atoms with Crippen LogP contribution in [0.4, 0.5) is 10.5 Å². The lowest BCUT2D eigenvalue weighted by Gasteiger charge is -2.34. The summed E-state index contributed by atoms with van der Waals surface area (Å²) in [4.78, 5) is 30.7. The first-order valence-corrected chi connectivity index (χ1v) is 13.5. The molecule has 1 N–H and O–H groups in total. The van der Waals surface area contributed by atoms with Gasteiger partial charge in [-0.2, -0.15) is 0 Å². The summed E-state index contributed by atoms with van der Waals surface area (Å²) in [5.74, 6) is 1.34. The van der Waals surface area contributed by atoms with Crippen LogP contribution in [0.5, 0.6) is 11.5 Å². The van der Waals surface area contributed by atoms with Gasteiger partial charge in [0, 0.05) is 18.7 Å². The second-order valence-corrected chi connectivity index (χ2v) is 9.74. The summed E-state index contributed by atoms with van der Waals surface area (Å²) < 4.78 is 10.6. The zero-order valence-corrected chi connectivity index (χ0v) is 23.2. The van der Waals surface area contributed by atoms with Gasteiger partial charge >= 0.3 is 6.03 Å². The van der Waals surface area contributed by atoms with Crippen molar-refractivity contribution in [3.63, 3.8) is 0 Å². The molecule has 4 aromatic rings. The monoisotopic (exact) mass is 547 g/mol. The smallest absolute Gasteiger partial charge is 0.322 e. The summed E-state index contributed by atoms with van der Waals surface area (Å²) in [6, 6.07) is 32.3. The lowest BCUT2D eigenvalue weighted by atomic mass is 10.0. The molecule has 0 radical (unpaired) electrons. The molecule has 1 aliphatic heterocycles. The number of carbonyl (C=O) groups is 2. The summed E-state index contributed by atoms with van der Waals surface area (Å²) in [5.41, 5.74) is 4.52. The van der Waals surface area contributed by atoms with Crippen molar-refractivity contribution < 1.29 is 19.1 Å². The molecule has 0 aromatic heterocycles. The molecule has 7 nitrogen and oxygen atoms in total. The molecule has 4 aromatic carbocycles. The van der Waals surface area contributed by atoms with Gasteiger partial charge in [-0.15, -0.1) is 0 Å². The Morgan fingerprint density at radius 2 is 1.46 bits per heavy atom. The lowest BCUT2D eigenvalue weighted by molar-refractivity contribution is -0.134. The largest absolute Gasteiger partial charge is 0.497 e. The topological polar surface area (TPSA) is 71.1 Å². The van der Waals surface area contributed by atoms with Gasteiger partial charge in [-0.1, -0.05) is 84.9 Å². The van der Waals surface area contributed by atoms with E-state index < -0.39 is 0 Å². The number of para-hydroxylation sites is 1. The molecule has 1 atom stereocenters. The summed E-state index contributed by atoms with van der Waals surface area (Å²) in [5, 5.41) is 3.03. The third kappa shape index (κ3) is 6.58. The van der Waals surface area contributed by atoms with E-state index in [2.05, 4.69) is 5.32 Å². The fraction of sp³-hybridized carbons (Fsp3) is 0.176. The summed E-state index contributed by atoms with van der Waals surface area (Å²) >= 11 is 0. The molecule has 208 valence electrons. The highest BCUT2D eigenvalue weighted by atomic mass is 16.5. The molecule has 1 aliphatic rings. The van der Waals surface area contributed by atoms with Crippen molar-refractivity contribution in [2.45, 2.75) is 12.6 Å². The van der Waals surface area contributed by atoms with Crippen molar-refractivity contribution in [1.82, 2.24) is 9.80 Å². The van der Waals surface area contributed by atoms with Gasteiger partial charge in [-0.05, 0) is 47.0 Å². The molecule has 3 amide bonds. The molecule has 7 heteroatoms. The van der Waals surface area contributed by atoms with Crippen molar-refractivity contribution in [1.29, 1.82) is 0 Å². The van der Waals surface area contributed by atoms with Crippen LogP contribution in [0.1, 0.15) is 17.2 Å². The van der Waals surface area contributed by atoms with Crippen LogP contribution < -0.4 is 14.8 Å². The molecule has 0 saturated carbocycles. The highest BCUT2D eigenvalue weighted by molar-refractivity contribution is 5.96. The Hall–Kier alpha value is -5.04. The molecule has 0 aliphatic carbocycles. The summed E-state index contributed by atoms with van der Waals surface area (Å²) in [6.07, 6.45) is 3.94. The maximum atomic E-state index is 13.9. The second-order valence-electron chi connectivity index (χ2n) is 9.74. The lowest BCUT2D eigenvalue weighted by Crippen LogP contribution is -2.46. The quantitative estimate of drug-likeness (QED) is 0.267. The zero-order chi connectivity index (χ0) is 28.6. The van der Waals surface area contributed by atoms with Crippen LogP contribution in [0.15, 0.2) is 115 Å². The van der Waals surface area contributed by atoms with Crippen LogP contribution in [0.2, 0.25) is 0 Å². The minimum atomic E-state index is -0.335. The van der Waals surface area contributed by atoms with Crippen LogP contribution in [0.3, 0.4) is 0 Å². The fourth-order valence-corrected chi connectivity index (χ4v) is 4.91. The van der Waals surface area contributed by atoms with Gasteiger partial charge in [0.05, 0.1) is 25.9 Å². The van der Waals surface area contributed by atoms with Gasteiger partial charge in [0.25, 0.3) is 0 Å². The van der Waals surface area contributed by atoms with Gasteiger partial charge in [-0.25, -0.2) is 4.79 Å². The number of nitrogens with one attached hydrogen (secondary N) is 1. The number of methoxy groups -OCH3 is 2. The van der Waals surface area contributed by atoms with E-state index in [1.54, 1.807) is 19.1 Å². The SMILES string of the molecule is COc1ccc(CN2C(=O)CN(C(=O)Nc3ccccc3-c3ccccc3)C/C=C\C2c2ccc(OC)cc2)cc1. The average Bonchev–Trinajstić information content (AvgIpc) is 3.02. The molecule has 1 unspecified atom stereocenters. The van der Waals surface area contributed by atoms with E-state index in [9.17, 15) is 9.59 Å². The first kappa shape index (κ1) is 27.5. The standard InChI is InChI=1S/C34H33N3O4/c1-40-28-18-14-25(15-19-28)23-37-32(27-16-20-29(41-2)21-17-27)13-8-22-36(24-33(37)38)34(39)35-31-12-7-6-11-30(31)26-9-4-3-5-10-26/h3-21,32H,22-24H2,1-2H3,(H,35,39)/b13-8-. The third-order valence-electron chi connectivity index (χ3n) is 7.14. The molecule has 0 bridgehead atoms. The number of benzene rings is 4. The predicted octanol–water partition coefficient (Wildman–Crippen LogP) is 6.54. The van der Waals surface area contributed by atoms with E-state index in [1.165, 1.54) is 4.90 Å². The average molecular weight is 548 g/mol. The van der Waals surface area contributed by atoms with Crippen molar-refractivity contribution in [2.24, 2.45) is 0 Å². The Balaban J connectivity index is 1.41. The number of nitrogens with zero attached hydrogens (tertiary/aromatic N) is 2. The van der Waals surface area contributed by atoms with Gasteiger partial charge in [0.2, 0.25) is 5.91 Å². The third-order valence-corrected chi connectivity index (χ3v) is 7.14. The minimum absolute atomic E-state index is 0.0630. The van der Waals surface area contributed by atoms with E-state index >= 15 is 0 Å². The first-order chi connectivity index (χ1) is 20.1. The van der Waals surface area contributed by atoms with Crippen molar-refractivity contribution >= 4 is 17.6 Å². The first-order valence-electron chi connectivity index (χ1n) is 13.5. The van der Waals surface area contributed by atoms with Gasteiger partial charge in [-0.3, -0.25) is 4.79 Å². The summed E-state index contributed by atoms with van der Waals surface area (Å²) in [6.45, 7) is 0.608. The van der Waals surface area contributed by atoms with Gasteiger partial charge in [0.1, 0.15) is 18.0 Å². The van der Waals surface area contributed by atoms with E-state index in [0.29, 0.717) is 18.8 Å². The van der Waals surface area contributed by atoms with E-state index in [0.717, 1.165) is 33.8 Å². The maximum Gasteiger partial charge on any atom is 0.322 e. The molecular formula is C34H33N3O4. The highest BCUT2D eigenvalue weighted by Gasteiger charge is 2.29. The van der Waals surface area contributed by atoms with Gasteiger partial charge in [0.15, 0.2) is 0 Å². The van der Waals surface area contributed by atoms with E-state index in [4.69, 9.17) is 9.47 Å². The minimum Gasteiger partial charge on any atom is -0.497 e. The van der Waals surface area contributed by atoms with Crippen molar-refractivity contribution in [3.8, 4) is 22.6 Å². The number of amides is 3. The van der Waals surface area contributed by atoms with Crippen LogP contribution in [0.25, 0.3) is 11.1 Å². The molecular weight excluding hydrogens is 514 g/mol. The highest BCUT2D eigenvalue weighted by Crippen LogP contribution is 2.30. The number of ether oxygens (including phenoxy) is 2. The Morgan fingerprint density at radius 3 is 2.15 bits per heavy atom. The van der Waals surface area contributed by atoms with Crippen LogP contribution in [-0.4, -0.2) is 49.0 Å². The Morgan fingerprint density at radius 1 is 0.829 bits per heavy atom. The van der Waals surface area contributed by atoms with Gasteiger partial charge < -0.3 is 24.6 Å². The maximum absolute atomic E-state index is 13.9.